The van der Waals surface area contributed by atoms with Gasteiger partial charge in [0.2, 0.25) is 0 Å². The molecule has 1 heterocycles. The van der Waals surface area contributed by atoms with Crippen LogP contribution < -0.4 is 0 Å². The van der Waals surface area contributed by atoms with Crippen LogP contribution >= 0.6 is 0 Å². The number of nitrogens with zero attached hydrogens (tertiary/aromatic N) is 1. The average molecular weight is 256 g/mol. The quantitative estimate of drug-likeness (QED) is 0.816. The third kappa shape index (κ3) is 2.83. The maximum absolute atomic E-state index is 4.77. The SMILES string of the molecule is CCCCC1CCC(c2nc3ccccc3[nH]2)CC1. The number of para-hydroxylation sites is 2. The van der Waals surface area contributed by atoms with Crippen molar-refractivity contribution in [2.24, 2.45) is 5.92 Å². The highest BCUT2D eigenvalue weighted by molar-refractivity contribution is 5.74. The fourth-order valence-corrected chi connectivity index (χ4v) is 3.38. The molecule has 1 aromatic carbocycles. The summed E-state index contributed by atoms with van der Waals surface area (Å²) >= 11 is 0. The molecule has 1 fully saturated rings. The zero-order chi connectivity index (χ0) is 13.1. The summed E-state index contributed by atoms with van der Waals surface area (Å²) < 4.78 is 0. The molecule has 0 spiro atoms. The van der Waals surface area contributed by atoms with Crippen LogP contribution in [0.2, 0.25) is 0 Å². The van der Waals surface area contributed by atoms with Gasteiger partial charge in [0.15, 0.2) is 0 Å². The van der Waals surface area contributed by atoms with Gasteiger partial charge in [-0.15, -0.1) is 0 Å². The Morgan fingerprint density at radius 1 is 1.16 bits per heavy atom. The summed E-state index contributed by atoms with van der Waals surface area (Å²) in [4.78, 5) is 8.28. The van der Waals surface area contributed by atoms with Crippen molar-refractivity contribution in [3.8, 4) is 0 Å². The van der Waals surface area contributed by atoms with E-state index in [2.05, 4.69) is 36.2 Å². The molecule has 1 aromatic heterocycles. The summed E-state index contributed by atoms with van der Waals surface area (Å²) in [6, 6.07) is 8.36. The molecular weight excluding hydrogens is 232 g/mol. The number of H-pyrrole nitrogens is 1. The number of aromatic amines is 1. The van der Waals surface area contributed by atoms with Crippen LogP contribution in [0, 0.1) is 5.92 Å². The summed E-state index contributed by atoms with van der Waals surface area (Å²) in [5, 5.41) is 0. The second-order valence-corrected chi connectivity index (χ2v) is 6.00. The van der Waals surface area contributed by atoms with E-state index in [0.29, 0.717) is 5.92 Å². The zero-order valence-corrected chi connectivity index (χ0v) is 11.9. The normalized spacial score (nSPS) is 23.8. The van der Waals surface area contributed by atoms with E-state index in [-0.39, 0.29) is 0 Å². The Bertz CT molecular complexity index is 488. The molecule has 3 rings (SSSR count). The first-order chi connectivity index (χ1) is 9.36. The van der Waals surface area contributed by atoms with E-state index in [0.717, 1.165) is 11.4 Å². The number of rotatable bonds is 4. The molecule has 0 amide bonds. The van der Waals surface area contributed by atoms with E-state index in [4.69, 9.17) is 4.98 Å². The minimum absolute atomic E-state index is 0.658. The van der Waals surface area contributed by atoms with Crippen molar-refractivity contribution in [3.05, 3.63) is 30.1 Å². The van der Waals surface area contributed by atoms with E-state index >= 15 is 0 Å². The fraction of sp³-hybridized carbons (Fsp3) is 0.588. The Morgan fingerprint density at radius 2 is 1.95 bits per heavy atom. The first-order valence-corrected chi connectivity index (χ1v) is 7.81. The number of imidazole rings is 1. The Balaban J connectivity index is 1.64. The zero-order valence-electron chi connectivity index (χ0n) is 11.9. The number of benzene rings is 1. The van der Waals surface area contributed by atoms with Gasteiger partial charge in [0.25, 0.3) is 0 Å². The molecular formula is C17H24N2. The summed E-state index contributed by atoms with van der Waals surface area (Å²) in [7, 11) is 0. The third-order valence-electron chi connectivity index (χ3n) is 4.61. The molecule has 0 saturated heterocycles. The number of unbranched alkanes of at least 4 members (excludes halogenated alkanes) is 1. The standard InChI is InChI=1S/C17H24N2/c1-2-3-6-13-9-11-14(12-10-13)17-18-15-7-4-5-8-16(15)19-17/h4-5,7-8,13-14H,2-3,6,9-12H2,1H3,(H,18,19). The lowest BCUT2D eigenvalue weighted by Crippen LogP contribution is -2.14. The number of fused-ring (bicyclic) bond motifs is 1. The first-order valence-electron chi connectivity index (χ1n) is 7.81. The van der Waals surface area contributed by atoms with Crippen molar-refractivity contribution in [2.75, 3.05) is 0 Å². The van der Waals surface area contributed by atoms with Gasteiger partial charge in [0.05, 0.1) is 11.0 Å². The smallest absolute Gasteiger partial charge is 0.110 e. The molecule has 1 saturated carbocycles. The van der Waals surface area contributed by atoms with E-state index in [1.807, 2.05) is 0 Å². The van der Waals surface area contributed by atoms with Gasteiger partial charge in [-0.2, -0.15) is 0 Å². The average Bonchev–Trinajstić information content (AvgIpc) is 2.89. The lowest BCUT2D eigenvalue weighted by molar-refractivity contribution is 0.299. The van der Waals surface area contributed by atoms with Gasteiger partial charge in [-0.3, -0.25) is 0 Å². The predicted octanol–water partition coefficient (Wildman–Crippen LogP) is 5.03. The summed E-state index contributed by atoms with van der Waals surface area (Å²) in [6.45, 7) is 2.29. The van der Waals surface area contributed by atoms with Gasteiger partial charge in [0, 0.05) is 5.92 Å². The van der Waals surface area contributed by atoms with Crippen molar-refractivity contribution in [1.29, 1.82) is 0 Å². The van der Waals surface area contributed by atoms with Crippen LogP contribution in [0.1, 0.15) is 63.6 Å². The van der Waals surface area contributed by atoms with Gasteiger partial charge in [0.1, 0.15) is 5.82 Å². The highest BCUT2D eigenvalue weighted by Gasteiger charge is 2.24. The van der Waals surface area contributed by atoms with Crippen molar-refractivity contribution >= 4 is 11.0 Å². The van der Waals surface area contributed by atoms with E-state index in [1.165, 1.54) is 56.3 Å². The van der Waals surface area contributed by atoms with Gasteiger partial charge in [-0.1, -0.05) is 38.3 Å². The van der Waals surface area contributed by atoms with E-state index < -0.39 is 0 Å². The molecule has 0 radical (unpaired) electrons. The summed E-state index contributed by atoms with van der Waals surface area (Å²) in [5.74, 6) is 2.85. The highest BCUT2D eigenvalue weighted by Crippen LogP contribution is 2.37. The van der Waals surface area contributed by atoms with Crippen molar-refractivity contribution in [3.63, 3.8) is 0 Å². The molecule has 0 atom stereocenters. The van der Waals surface area contributed by atoms with Crippen LogP contribution in [0.5, 0.6) is 0 Å². The van der Waals surface area contributed by atoms with E-state index in [1.54, 1.807) is 0 Å². The van der Waals surface area contributed by atoms with Crippen molar-refractivity contribution < 1.29 is 0 Å². The van der Waals surface area contributed by atoms with Gasteiger partial charge < -0.3 is 4.98 Å². The largest absolute Gasteiger partial charge is 0.342 e. The van der Waals surface area contributed by atoms with Crippen LogP contribution in [0.25, 0.3) is 11.0 Å². The molecule has 2 aromatic rings. The van der Waals surface area contributed by atoms with Gasteiger partial charge in [-0.25, -0.2) is 4.98 Å². The first kappa shape index (κ1) is 12.7. The van der Waals surface area contributed by atoms with Crippen LogP contribution in [0.15, 0.2) is 24.3 Å². The number of hydrogen-bond acceptors (Lipinski definition) is 1. The summed E-state index contributed by atoms with van der Waals surface area (Å²) in [6.07, 6.45) is 9.58. The molecule has 0 unspecified atom stereocenters. The molecule has 102 valence electrons. The minimum Gasteiger partial charge on any atom is -0.342 e. The van der Waals surface area contributed by atoms with Gasteiger partial charge in [-0.05, 0) is 43.7 Å². The topological polar surface area (TPSA) is 28.7 Å². The third-order valence-corrected chi connectivity index (χ3v) is 4.61. The van der Waals surface area contributed by atoms with E-state index in [9.17, 15) is 0 Å². The molecule has 1 aliphatic carbocycles. The number of hydrogen-bond donors (Lipinski definition) is 1. The molecule has 0 aliphatic heterocycles. The van der Waals surface area contributed by atoms with Crippen LogP contribution in [-0.2, 0) is 0 Å². The maximum atomic E-state index is 4.77. The monoisotopic (exact) mass is 256 g/mol. The fourth-order valence-electron chi connectivity index (χ4n) is 3.38. The molecule has 2 heteroatoms. The van der Waals surface area contributed by atoms with Crippen LogP contribution in [-0.4, -0.2) is 9.97 Å². The Morgan fingerprint density at radius 3 is 2.68 bits per heavy atom. The minimum atomic E-state index is 0.658. The lowest BCUT2D eigenvalue weighted by atomic mass is 9.79. The number of nitrogens with one attached hydrogen (secondary N) is 1. The van der Waals surface area contributed by atoms with Crippen molar-refractivity contribution in [1.82, 2.24) is 9.97 Å². The van der Waals surface area contributed by atoms with Crippen molar-refractivity contribution in [2.45, 2.75) is 57.8 Å². The predicted molar refractivity (Wildman–Crippen MR) is 80.3 cm³/mol. The highest BCUT2D eigenvalue weighted by atomic mass is 14.9. The Hall–Kier alpha value is -1.31. The van der Waals surface area contributed by atoms with Crippen LogP contribution in [0.3, 0.4) is 0 Å². The molecule has 0 bridgehead atoms. The van der Waals surface area contributed by atoms with Crippen LogP contribution in [0.4, 0.5) is 0 Å². The molecule has 1 aliphatic rings. The molecule has 2 nitrogen and oxygen atoms in total. The second kappa shape index (κ2) is 5.77. The van der Waals surface area contributed by atoms with Gasteiger partial charge >= 0.3 is 0 Å². The summed E-state index contributed by atoms with van der Waals surface area (Å²) in [5.41, 5.74) is 2.30. The second-order valence-electron chi connectivity index (χ2n) is 6.00. The molecule has 19 heavy (non-hydrogen) atoms. The lowest BCUT2D eigenvalue weighted by Gasteiger charge is -2.27. The maximum Gasteiger partial charge on any atom is 0.110 e. The Labute approximate surface area is 115 Å². The number of aromatic nitrogens is 2. The Kier molecular flexibility index (Phi) is 3.86. The molecule has 1 N–H and O–H groups in total.